The number of benzene rings is 1. The topological polar surface area (TPSA) is 90.7 Å². The molecule has 0 bridgehead atoms. The summed E-state index contributed by atoms with van der Waals surface area (Å²) in [5.74, 6) is -0.296. The first-order chi connectivity index (χ1) is 12.0. The molecule has 1 aromatic carbocycles. The summed E-state index contributed by atoms with van der Waals surface area (Å²) >= 11 is 0. The smallest absolute Gasteiger partial charge is 0.281 e. The maximum Gasteiger partial charge on any atom is 0.281 e. The third-order valence-electron chi connectivity index (χ3n) is 4.05. The molecule has 2 rings (SSSR count). The van der Waals surface area contributed by atoms with Crippen LogP contribution in [0, 0.1) is 25.2 Å². The van der Waals surface area contributed by atoms with E-state index >= 15 is 0 Å². The predicted molar refractivity (Wildman–Crippen MR) is 96.7 cm³/mol. The molecule has 0 atom stereocenters. The number of aromatic nitrogens is 1. The molecule has 0 spiro atoms. The fourth-order valence-corrected chi connectivity index (χ4v) is 2.50. The molecule has 25 heavy (non-hydrogen) atoms. The summed E-state index contributed by atoms with van der Waals surface area (Å²) in [5, 5.41) is 27.8. The highest BCUT2D eigenvalue weighted by atomic mass is 16.3. The van der Waals surface area contributed by atoms with Gasteiger partial charge in [0.15, 0.2) is 5.69 Å². The van der Waals surface area contributed by atoms with E-state index in [-0.39, 0.29) is 17.1 Å². The molecule has 0 saturated carbocycles. The van der Waals surface area contributed by atoms with Crippen molar-refractivity contribution in [3.8, 4) is 11.9 Å². The van der Waals surface area contributed by atoms with Crippen molar-refractivity contribution in [3.05, 3.63) is 51.3 Å². The molecule has 0 amide bonds. The maximum absolute atomic E-state index is 12.7. The zero-order valence-electron chi connectivity index (χ0n) is 14.8. The number of hydrogen-bond donors (Lipinski definition) is 1. The summed E-state index contributed by atoms with van der Waals surface area (Å²) < 4.78 is 1.21. The Morgan fingerprint density at radius 3 is 2.44 bits per heavy atom. The standard InChI is InChI=1S/C19H22N4O2/c1-4-5-6-11-23-18(24)16(12-20)14(3)17(19(23)25)22-21-15-9-7-13(2)8-10-15/h7-10,24H,4-6,11H2,1-3H3. The fraction of sp³-hybridized carbons (Fsp3) is 0.368. The van der Waals surface area contributed by atoms with Crippen LogP contribution < -0.4 is 5.56 Å². The lowest BCUT2D eigenvalue weighted by Gasteiger charge is -2.12. The van der Waals surface area contributed by atoms with Crippen LogP contribution in [0.15, 0.2) is 39.3 Å². The van der Waals surface area contributed by atoms with Crippen LogP contribution in [0.5, 0.6) is 5.88 Å². The van der Waals surface area contributed by atoms with Gasteiger partial charge in [-0.2, -0.15) is 10.4 Å². The molecule has 6 nitrogen and oxygen atoms in total. The molecule has 0 aliphatic carbocycles. The van der Waals surface area contributed by atoms with E-state index in [0.29, 0.717) is 17.8 Å². The number of rotatable bonds is 6. The normalized spacial score (nSPS) is 11.0. The van der Waals surface area contributed by atoms with Gasteiger partial charge in [-0.15, -0.1) is 5.11 Å². The monoisotopic (exact) mass is 338 g/mol. The Hall–Kier alpha value is -2.94. The molecule has 0 unspecified atom stereocenters. The van der Waals surface area contributed by atoms with Gasteiger partial charge in [0.1, 0.15) is 11.6 Å². The Labute approximate surface area is 147 Å². The van der Waals surface area contributed by atoms with Gasteiger partial charge in [-0.1, -0.05) is 37.5 Å². The van der Waals surface area contributed by atoms with Crippen LogP contribution in [0.25, 0.3) is 0 Å². The minimum absolute atomic E-state index is 0.0638. The van der Waals surface area contributed by atoms with Gasteiger partial charge in [-0.05, 0) is 32.4 Å². The second-order valence-corrected chi connectivity index (χ2v) is 5.98. The number of hydrogen-bond acceptors (Lipinski definition) is 5. The van der Waals surface area contributed by atoms with Crippen molar-refractivity contribution >= 4 is 11.4 Å². The lowest BCUT2D eigenvalue weighted by Crippen LogP contribution is -2.22. The first-order valence-corrected chi connectivity index (χ1v) is 8.34. The van der Waals surface area contributed by atoms with Crippen LogP contribution >= 0.6 is 0 Å². The van der Waals surface area contributed by atoms with Crippen molar-refractivity contribution in [1.82, 2.24) is 4.57 Å². The number of aryl methyl sites for hydroxylation is 1. The number of aromatic hydroxyl groups is 1. The molecular weight excluding hydrogens is 316 g/mol. The molecule has 0 aliphatic rings. The van der Waals surface area contributed by atoms with Crippen LogP contribution in [-0.4, -0.2) is 9.67 Å². The predicted octanol–water partition coefficient (Wildman–Crippen LogP) is 4.65. The number of nitrogens with zero attached hydrogens (tertiary/aromatic N) is 4. The van der Waals surface area contributed by atoms with Crippen molar-refractivity contribution in [2.45, 2.75) is 46.6 Å². The molecule has 0 aliphatic heterocycles. The van der Waals surface area contributed by atoms with Crippen molar-refractivity contribution in [1.29, 1.82) is 5.26 Å². The molecule has 1 heterocycles. The molecule has 0 radical (unpaired) electrons. The fourth-order valence-electron chi connectivity index (χ4n) is 2.50. The quantitative estimate of drug-likeness (QED) is 0.614. The summed E-state index contributed by atoms with van der Waals surface area (Å²) in [7, 11) is 0. The van der Waals surface area contributed by atoms with Crippen LogP contribution in [0.3, 0.4) is 0 Å². The highest BCUT2D eigenvalue weighted by molar-refractivity contribution is 5.56. The summed E-state index contributed by atoms with van der Waals surface area (Å²) in [6.45, 7) is 5.97. The van der Waals surface area contributed by atoms with E-state index in [1.54, 1.807) is 19.1 Å². The van der Waals surface area contributed by atoms with E-state index in [2.05, 4.69) is 17.2 Å². The molecule has 0 fully saturated rings. The van der Waals surface area contributed by atoms with E-state index in [1.165, 1.54) is 4.57 Å². The van der Waals surface area contributed by atoms with Crippen LogP contribution in [0.2, 0.25) is 0 Å². The first-order valence-electron chi connectivity index (χ1n) is 8.34. The Balaban J connectivity index is 2.49. The zero-order valence-corrected chi connectivity index (χ0v) is 14.8. The van der Waals surface area contributed by atoms with Crippen molar-refractivity contribution in [2.24, 2.45) is 10.2 Å². The highest BCUT2D eigenvalue weighted by Gasteiger charge is 2.18. The summed E-state index contributed by atoms with van der Waals surface area (Å²) in [5.41, 5.74) is 1.78. The zero-order chi connectivity index (χ0) is 18.4. The number of pyridine rings is 1. The maximum atomic E-state index is 12.7. The van der Waals surface area contributed by atoms with Crippen LogP contribution in [0.1, 0.15) is 42.9 Å². The van der Waals surface area contributed by atoms with E-state index in [0.717, 1.165) is 24.8 Å². The Bertz CT molecular complexity index is 874. The first kappa shape index (κ1) is 18.4. The summed E-state index contributed by atoms with van der Waals surface area (Å²) in [6.07, 6.45) is 2.67. The second-order valence-electron chi connectivity index (χ2n) is 5.98. The van der Waals surface area contributed by atoms with Crippen molar-refractivity contribution < 1.29 is 5.11 Å². The van der Waals surface area contributed by atoms with E-state index in [9.17, 15) is 15.2 Å². The van der Waals surface area contributed by atoms with Gasteiger partial charge >= 0.3 is 0 Å². The van der Waals surface area contributed by atoms with Gasteiger partial charge in [-0.25, -0.2) is 0 Å². The molecule has 0 saturated heterocycles. The average molecular weight is 338 g/mol. The molecule has 6 heteroatoms. The lowest BCUT2D eigenvalue weighted by molar-refractivity contribution is 0.398. The molecule has 1 aromatic heterocycles. The van der Waals surface area contributed by atoms with Crippen LogP contribution in [0.4, 0.5) is 11.4 Å². The number of azo groups is 1. The molecule has 130 valence electrons. The van der Waals surface area contributed by atoms with Gasteiger partial charge in [-0.3, -0.25) is 9.36 Å². The largest absolute Gasteiger partial charge is 0.493 e. The number of unbranched alkanes of at least 4 members (excludes halogenated alkanes) is 2. The third-order valence-corrected chi connectivity index (χ3v) is 4.05. The van der Waals surface area contributed by atoms with Gasteiger partial charge in [0.05, 0.1) is 5.69 Å². The van der Waals surface area contributed by atoms with Gasteiger partial charge in [0.25, 0.3) is 5.56 Å². The summed E-state index contributed by atoms with van der Waals surface area (Å²) in [4.78, 5) is 12.7. The molecular formula is C19H22N4O2. The minimum Gasteiger partial charge on any atom is -0.493 e. The molecule has 1 N–H and O–H groups in total. The van der Waals surface area contributed by atoms with Crippen molar-refractivity contribution in [3.63, 3.8) is 0 Å². The number of nitriles is 1. The van der Waals surface area contributed by atoms with Crippen LogP contribution in [-0.2, 0) is 6.54 Å². The minimum atomic E-state index is -0.430. The Morgan fingerprint density at radius 2 is 1.84 bits per heavy atom. The van der Waals surface area contributed by atoms with E-state index in [4.69, 9.17) is 0 Å². The average Bonchev–Trinajstić information content (AvgIpc) is 2.60. The SMILES string of the molecule is CCCCCn1c(O)c(C#N)c(C)c(N=Nc2ccc(C)cc2)c1=O. The lowest BCUT2D eigenvalue weighted by atomic mass is 10.1. The van der Waals surface area contributed by atoms with Gasteiger partial charge in [0.2, 0.25) is 5.88 Å². The van der Waals surface area contributed by atoms with Gasteiger partial charge < -0.3 is 5.11 Å². The third kappa shape index (κ3) is 4.13. The second kappa shape index (κ2) is 8.25. The van der Waals surface area contributed by atoms with Crippen molar-refractivity contribution in [2.75, 3.05) is 0 Å². The Kier molecular flexibility index (Phi) is 6.07. The summed E-state index contributed by atoms with van der Waals surface area (Å²) in [6, 6.07) is 9.38. The van der Waals surface area contributed by atoms with E-state index < -0.39 is 5.56 Å². The Morgan fingerprint density at radius 1 is 1.16 bits per heavy atom. The van der Waals surface area contributed by atoms with E-state index in [1.807, 2.05) is 25.1 Å². The van der Waals surface area contributed by atoms with Gasteiger partial charge in [0, 0.05) is 12.1 Å². The highest BCUT2D eigenvalue weighted by Crippen LogP contribution is 2.27. The molecule has 2 aromatic rings.